The first-order chi connectivity index (χ1) is 9.24. The molecule has 1 aromatic rings. The van der Waals surface area contributed by atoms with Crippen molar-refractivity contribution < 1.29 is 4.74 Å². The lowest BCUT2D eigenvalue weighted by Gasteiger charge is -2.23. The molecule has 0 aliphatic carbocycles. The van der Waals surface area contributed by atoms with Crippen molar-refractivity contribution in [2.75, 3.05) is 37.4 Å². The van der Waals surface area contributed by atoms with Gasteiger partial charge in [0.15, 0.2) is 0 Å². The van der Waals surface area contributed by atoms with Gasteiger partial charge in [-0.2, -0.15) is 0 Å². The molecule has 1 saturated heterocycles. The summed E-state index contributed by atoms with van der Waals surface area (Å²) >= 11 is 0. The fourth-order valence-corrected chi connectivity index (χ4v) is 2.35. The van der Waals surface area contributed by atoms with E-state index in [1.165, 1.54) is 6.42 Å². The molecular weight excluding hydrogens is 240 g/mol. The topological polar surface area (TPSA) is 59.1 Å². The first-order valence-corrected chi connectivity index (χ1v) is 7.11. The summed E-state index contributed by atoms with van der Waals surface area (Å²) in [6, 6.07) is 0. The summed E-state index contributed by atoms with van der Waals surface area (Å²) in [5.74, 6) is 3.32. The summed E-state index contributed by atoms with van der Waals surface area (Å²) in [5, 5.41) is 6.59. The van der Waals surface area contributed by atoms with E-state index in [-0.39, 0.29) is 0 Å². The quantitative estimate of drug-likeness (QED) is 0.854. The van der Waals surface area contributed by atoms with E-state index in [1.807, 2.05) is 14.0 Å². The zero-order chi connectivity index (χ0) is 13.7. The molecule has 1 aliphatic rings. The van der Waals surface area contributed by atoms with Crippen LogP contribution in [0.25, 0.3) is 0 Å². The smallest absolute Gasteiger partial charge is 0.134 e. The summed E-state index contributed by atoms with van der Waals surface area (Å²) in [4.78, 5) is 9.06. The number of aryl methyl sites for hydroxylation is 1. The molecule has 2 heterocycles. The number of hydrogen-bond acceptors (Lipinski definition) is 5. The molecule has 2 N–H and O–H groups in total. The van der Waals surface area contributed by atoms with E-state index in [4.69, 9.17) is 4.74 Å². The van der Waals surface area contributed by atoms with Crippen molar-refractivity contribution in [3.05, 3.63) is 11.4 Å². The molecule has 1 aliphatic heterocycles. The van der Waals surface area contributed by atoms with Crippen LogP contribution in [-0.2, 0) is 11.2 Å². The molecule has 5 heteroatoms. The first kappa shape index (κ1) is 14.1. The molecule has 1 fully saturated rings. The number of hydrogen-bond donors (Lipinski definition) is 2. The largest absolute Gasteiger partial charge is 0.381 e. The van der Waals surface area contributed by atoms with Crippen LogP contribution in [-0.4, -0.2) is 36.8 Å². The van der Waals surface area contributed by atoms with E-state index < -0.39 is 0 Å². The van der Waals surface area contributed by atoms with Gasteiger partial charge in [-0.15, -0.1) is 0 Å². The summed E-state index contributed by atoms with van der Waals surface area (Å²) in [5.41, 5.74) is 1.08. The molecule has 1 aromatic heterocycles. The predicted molar refractivity (Wildman–Crippen MR) is 77.7 cm³/mol. The molecule has 2 rings (SSSR count). The van der Waals surface area contributed by atoms with Gasteiger partial charge in [0.1, 0.15) is 17.5 Å². The molecule has 0 amide bonds. The summed E-state index contributed by atoms with van der Waals surface area (Å²) in [6.45, 7) is 6.81. The van der Waals surface area contributed by atoms with Gasteiger partial charge in [-0.3, -0.25) is 0 Å². The fourth-order valence-electron chi connectivity index (χ4n) is 2.35. The lowest BCUT2D eigenvalue weighted by Crippen LogP contribution is -2.25. The van der Waals surface area contributed by atoms with Gasteiger partial charge in [-0.25, -0.2) is 9.97 Å². The van der Waals surface area contributed by atoms with Crippen LogP contribution in [0.1, 0.15) is 31.2 Å². The lowest BCUT2D eigenvalue weighted by molar-refractivity contribution is 0.0595. The van der Waals surface area contributed by atoms with Crippen molar-refractivity contribution in [1.82, 2.24) is 9.97 Å². The van der Waals surface area contributed by atoms with Gasteiger partial charge in [0.05, 0.1) is 6.61 Å². The third-order valence-corrected chi connectivity index (χ3v) is 3.56. The van der Waals surface area contributed by atoms with Crippen LogP contribution in [0, 0.1) is 12.8 Å². The van der Waals surface area contributed by atoms with E-state index in [9.17, 15) is 0 Å². The molecule has 5 nitrogen and oxygen atoms in total. The summed E-state index contributed by atoms with van der Waals surface area (Å²) in [6.07, 6.45) is 3.24. The third-order valence-electron chi connectivity index (χ3n) is 3.56. The Hall–Kier alpha value is -1.36. The maximum absolute atomic E-state index is 5.51. The number of nitrogens with zero attached hydrogens (tertiary/aromatic N) is 2. The number of aromatic nitrogens is 2. The molecule has 0 bridgehead atoms. The molecule has 1 atom stereocenters. The van der Waals surface area contributed by atoms with Crippen molar-refractivity contribution in [1.29, 1.82) is 0 Å². The minimum absolute atomic E-state index is 0.589. The van der Waals surface area contributed by atoms with Crippen molar-refractivity contribution in [2.45, 2.75) is 33.1 Å². The Labute approximate surface area is 115 Å². The molecule has 0 spiro atoms. The Morgan fingerprint density at radius 1 is 1.32 bits per heavy atom. The highest BCUT2D eigenvalue weighted by Gasteiger charge is 2.15. The second-order valence-corrected chi connectivity index (χ2v) is 5.03. The Morgan fingerprint density at radius 2 is 2.11 bits per heavy atom. The second kappa shape index (κ2) is 6.70. The highest BCUT2D eigenvalue weighted by molar-refractivity contribution is 5.57. The monoisotopic (exact) mass is 264 g/mol. The first-order valence-electron chi connectivity index (χ1n) is 7.11. The predicted octanol–water partition coefficient (Wildman–Crippen LogP) is 2.23. The Bertz CT molecular complexity index is 416. The molecule has 0 aromatic carbocycles. The fraction of sp³-hybridized carbons (Fsp3) is 0.714. The maximum Gasteiger partial charge on any atom is 0.134 e. The Morgan fingerprint density at radius 3 is 2.74 bits per heavy atom. The molecule has 0 radical (unpaired) electrons. The molecule has 0 saturated carbocycles. The molecular formula is C14H24N4O. The summed E-state index contributed by atoms with van der Waals surface area (Å²) in [7, 11) is 1.90. The van der Waals surface area contributed by atoms with Crippen molar-refractivity contribution in [2.24, 2.45) is 5.92 Å². The zero-order valence-corrected chi connectivity index (χ0v) is 12.1. The minimum atomic E-state index is 0.589. The number of anilines is 2. The lowest BCUT2D eigenvalue weighted by atomic mass is 10.0. The number of ether oxygens (including phenoxy) is 1. The maximum atomic E-state index is 5.51. The van der Waals surface area contributed by atoms with E-state index in [1.54, 1.807) is 0 Å². The van der Waals surface area contributed by atoms with Gasteiger partial charge < -0.3 is 15.4 Å². The highest BCUT2D eigenvalue weighted by Crippen LogP contribution is 2.21. The van der Waals surface area contributed by atoms with Gasteiger partial charge in [0.2, 0.25) is 0 Å². The van der Waals surface area contributed by atoms with Crippen LogP contribution >= 0.6 is 0 Å². The van der Waals surface area contributed by atoms with Crippen molar-refractivity contribution in [3.8, 4) is 0 Å². The molecule has 106 valence electrons. The normalized spacial score (nSPS) is 19.2. The zero-order valence-electron chi connectivity index (χ0n) is 12.1. The van der Waals surface area contributed by atoms with Gasteiger partial charge in [-0.05, 0) is 25.7 Å². The second-order valence-electron chi connectivity index (χ2n) is 5.03. The van der Waals surface area contributed by atoms with Gasteiger partial charge in [0, 0.05) is 32.2 Å². The van der Waals surface area contributed by atoms with Crippen LogP contribution in [0.4, 0.5) is 11.6 Å². The van der Waals surface area contributed by atoms with E-state index in [0.29, 0.717) is 5.92 Å². The Balaban J connectivity index is 2.05. The third kappa shape index (κ3) is 3.56. The van der Waals surface area contributed by atoms with Gasteiger partial charge >= 0.3 is 0 Å². The summed E-state index contributed by atoms with van der Waals surface area (Å²) < 4.78 is 5.51. The number of rotatable bonds is 5. The average Bonchev–Trinajstić information content (AvgIpc) is 2.47. The van der Waals surface area contributed by atoms with Crippen LogP contribution in [0.2, 0.25) is 0 Å². The SMILES string of the molecule is CCc1nc(NC)c(C)c(NCC2CCCOC2)n1. The van der Waals surface area contributed by atoms with Gasteiger partial charge in [0.25, 0.3) is 0 Å². The van der Waals surface area contributed by atoms with Crippen LogP contribution < -0.4 is 10.6 Å². The van der Waals surface area contributed by atoms with Crippen LogP contribution in [0.5, 0.6) is 0 Å². The standard InChI is InChI=1S/C14H24N4O/c1-4-12-17-13(15-3)10(2)14(18-12)16-8-11-6-5-7-19-9-11/h11H,4-9H2,1-3H3,(H2,15,16,17,18). The van der Waals surface area contributed by atoms with Crippen molar-refractivity contribution >= 4 is 11.6 Å². The highest BCUT2D eigenvalue weighted by atomic mass is 16.5. The van der Waals surface area contributed by atoms with E-state index in [0.717, 1.165) is 55.6 Å². The van der Waals surface area contributed by atoms with Crippen LogP contribution in [0.15, 0.2) is 0 Å². The van der Waals surface area contributed by atoms with E-state index in [2.05, 4.69) is 27.5 Å². The van der Waals surface area contributed by atoms with E-state index >= 15 is 0 Å². The van der Waals surface area contributed by atoms with Gasteiger partial charge in [-0.1, -0.05) is 6.92 Å². The van der Waals surface area contributed by atoms with Crippen LogP contribution in [0.3, 0.4) is 0 Å². The van der Waals surface area contributed by atoms with Crippen molar-refractivity contribution in [3.63, 3.8) is 0 Å². The Kier molecular flexibility index (Phi) is 4.96. The average molecular weight is 264 g/mol. The number of nitrogens with one attached hydrogen (secondary N) is 2. The minimum Gasteiger partial charge on any atom is -0.381 e. The molecule has 19 heavy (non-hydrogen) atoms. The molecule has 1 unspecified atom stereocenters.